The Balaban J connectivity index is 1.62. The molecule has 0 aliphatic carbocycles. The van der Waals surface area contributed by atoms with E-state index in [1.807, 2.05) is 25.1 Å². The van der Waals surface area contributed by atoms with E-state index in [1.165, 1.54) is 23.3 Å². The van der Waals surface area contributed by atoms with Crippen molar-refractivity contribution in [1.29, 1.82) is 0 Å². The van der Waals surface area contributed by atoms with Gasteiger partial charge in [0.05, 0.1) is 6.54 Å². The minimum atomic E-state index is -0.373. The standard InChI is InChI=1S/C18H17ClFN5S/c1-11-3-6-15(7-12(11)2)22-18(26)23-17-21-10-25(24-17)9-13-4-5-14(20)8-16(13)19/h3-8,10H,9H2,1-2H3,(H2,22,23,24,26). The van der Waals surface area contributed by atoms with Crippen molar-refractivity contribution in [1.82, 2.24) is 14.8 Å². The van der Waals surface area contributed by atoms with Crippen molar-refractivity contribution in [3.63, 3.8) is 0 Å². The first-order chi connectivity index (χ1) is 12.4. The SMILES string of the molecule is Cc1ccc(NC(=S)Nc2ncn(Cc3ccc(F)cc3Cl)n2)cc1C. The lowest BCUT2D eigenvalue weighted by Crippen LogP contribution is -2.20. The molecule has 0 spiro atoms. The van der Waals surface area contributed by atoms with Crippen LogP contribution in [0.2, 0.25) is 5.02 Å². The molecular formula is C18H17ClFN5S. The largest absolute Gasteiger partial charge is 0.332 e. The first-order valence-electron chi connectivity index (χ1n) is 7.89. The predicted octanol–water partition coefficient (Wildman–Crippen LogP) is 4.54. The van der Waals surface area contributed by atoms with Gasteiger partial charge < -0.3 is 5.32 Å². The summed E-state index contributed by atoms with van der Waals surface area (Å²) in [4.78, 5) is 4.17. The maximum atomic E-state index is 13.1. The lowest BCUT2D eigenvalue weighted by molar-refractivity contribution is 0.624. The monoisotopic (exact) mass is 389 g/mol. The van der Waals surface area contributed by atoms with E-state index in [2.05, 4.69) is 27.6 Å². The van der Waals surface area contributed by atoms with Gasteiger partial charge in [-0.15, -0.1) is 5.10 Å². The highest BCUT2D eigenvalue weighted by atomic mass is 35.5. The average Bonchev–Trinajstić information content (AvgIpc) is 3.00. The van der Waals surface area contributed by atoms with E-state index in [1.54, 1.807) is 17.1 Å². The van der Waals surface area contributed by atoms with Gasteiger partial charge in [-0.25, -0.2) is 14.1 Å². The second-order valence-electron chi connectivity index (χ2n) is 5.88. The van der Waals surface area contributed by atoms with Crippen LogP contribution in [0.1, 0.15) is 16.7 Å². The van der Waals surface area contributed by atoms with Crippen LogP contribution in [-0.4, -0.2) is 19.9 Å². The fourth-order valence-electron chi connectivity index (χ4n) is 2.34. The predicted molar refractivity (Wildman–Crippen MR) is 106 cm³/mol. The van der Waals surface area contributed by atoms with Crippen molar-refractivity contribution >= 4 is 40.6 Å². The van der Waals surface area contributed by atoms with Crippen LogP contribution in [0.15, 0.2) is 42.7 Å². The Hall–Kier alpha value is -2.51. The van der Waals surface area contributed by atoms with Gasteiger partial charge in [-0.1, -0.05) is 23.7 Å². The number of rotatable bonds is 4. The summed E-state index contributed by atoms with van der Waals surface area (Å²) in [7, 11) is 0. The van der Waals surface area contributed by atoms with Gasteiger partial charge in [-0.05, 0) is 67.0 Å². The molecule has 2 aromatic carbocycles. The Morgan fingerprint density at radius 2 is 1.96 bits per heavy atom. The molecular weight excluding hydrogens is 373 g/mol. The molecule has 3 rings (SSSR count). The molecule has 0 saturated heterocycles. The lowest BCUT2D eigenvalue weighted by atomic mass is 10.1. The van der Waals surface area contributed by atoms with Gasteiger partial charge in [0, 0.05) is 10.7 Å². The summed E-state index contributed by atoms with van der Waals surface area (Å²) in [5.41, 5.74) is 4.04. The Kier molecular flexibility index (Phi) is 5.49. The van der Waals surface area contributed by atoms with Crippen molar-refractivity contribution in [3.8, 4) is 0 Å². The van der Waals surface area contributed by atoms with Gasteiger partial charge in [-0.2, -0.15) is 0 Å². The quantitative estimate of drug-likeness (QED) is 0.641. The zero-order valence-corrected chi connectivity index (χ0v) is 15.8. The molecule has 8 heteroatoms. The van der Waals surface area contributed by atoms with Crippen LogP contribution in [0.5, 0.6) is 0 Å². The number of hydrogen-bond acceptors (Lipinski definition) is 3. The van der Waals surface area contributed by atoms with Crippen molar-refractivity contribution in [3.05, 3.63) is 70.3 Å². The fraction of sp³-hybridized carbons (Fsp3) is 0.167. The number of nitrogens with one attached hydrogen (secondary N) is 2. The van der Waals surface area contributed by atoms with Gasteiger partial charge in [-0.3, -0.25) is 5.32 Å². The molecule has 1 aromatic heterocycles. The number of aryl methyl sites for hydroxylation is 2. The van der Waals surface area contributed by atoms with Crippen LogP contribution in [0.4, 0.5) is 16.0 Å². The first-order valence-corrected chi connectivity index (χ1v) is 8.68. The number of nitrogens with zero attached hydrogens (tertiary/aromatic N) is 3. The lowest BCUT2D eigenvalue weighted by Gasteiger charge is -2.09. The third-order valence-corrected chi connectivity index (χ3v) is 4.43. The molecule has 0 saturated carbocycles. The van der Waals surface area contributed by atoms with Gasteiger partial charge >= 0.3 is 0 Å². The Morgan fingerprint density at radius 1 is 1.15 bits per heavy atom. The van der Waals surface area contributed by atoms with Gasteiger partial charge in [0.2, 0.25) is 5.95 Å². The molecule has 0 aliphatic rings. The highest BCUT2D eigenvalue weighted by molar-refractivity contribution is 7.80. The van der Waals surface area contributed by atoms with E-state index in [4.69, 9.17) is 23.8 Å². The summed E-state index contributed by atoms with van der Waals surface area (Å²) in [6.45, 7) is 4.48. The van der Waals surface area contributed by atoms with Crippen molar-refractivity contribution in [2.75, 3.05) is 10.6 Å². The molecule has 134 valence electrons. The molecule has 2 N–H and O–H groups in total. The number of hydrogen-bond donors (Lipinski definition) is 2. The van der Waals surface area contributed by atoms with Crippen LogP contribution in [0.25, 0.3) is 0 Å². The Labute approximate surface area is 161 Å². The minimum absolute atomic E-state index is 0.349. The van der Waals surface area contributed by atoms with E-state index in [9.17, 15) is 4.39 Å². The zero-order valence-electron chi connectivity index (χ0n) is 14.3. The summed E-state index contributed by atoms with van der Waals surface area (Å²) in [5, 5.41) is 11.1. The second kappa shape index (κ2) is 7.80. The van der Waals surface area contributed by atoms with E-state index >= 15 is 0 Å². The highest BCUT2D eigenvalue weighted by Crippen LogP contribution is 2.18. The zero-order chi connectivity index (χ0) is 18.7. The third-order valence-electron chi connectivity index (χ3n) is 3.87. The van der Waals surface area contributed by atoms with Crippen molar-refractivity contribution in [2.45, 2.75) is 20.4 Å². The third kappa shape index (κ3) is 4.56. The Bertz CT molecular complexity index is 957. The molecule has 0 atom stereocenters. The smallest absolute Gasteiger partial charge is 0.248 e. The number of benzene rings is 2. The molecule has 0 amide bonds. The average molecular weight is 390 g/mol. The molecule has 3 aromatic rings. The van der Waals surface area contributed by atoms with Gasteiger partial charge in [0.25, 0.3) is 0 Å². The number of thiocarbonyl (C=S) groups is 1. The summed E-state index contributed by atoms with van der Waals surface area (Å²) in [5.74, 6) is -0.00738. The number of anilines is 2. The maximum Gasteiger partial charge on any atom is 0.248 e. The van der Waals surface area contributed by atoms with E-state index in [-0.39, 0.29) is 5.82 Å². The maximum absolute atomic E-state index is 13.1. The first kappa shape index (κ1) is 18.3. The van der Waals surface area contributed by atoms with Gasteiger partial charge in [0.1, 0.15) is 12.1 Å². The van der Waals surface area contributed by atoms with Crippen LogP contribution in [-0.2, 0) is 6.54 Å². The molecule has 0 aliphatic heterocycles. The molecule has 0 fully saturated rings. The van der Waals surface area contributed by atoms with Gasteiger partial charge in [0.15, 0.2) is 5.11 Å². The second-order valence-corrected chi connectivity index (χ2v) is 6.70. The van der Waals surface area contributed by atoms with E-state index in [0.717, 1.165) is 11.3 Å². The Morgan fingerprint density at radius 3 is 2.69 bits per heavy atom. The molecule has 1 heterocycles. The van der Waals surface area contributed by atoms with Crippen LogP contribution in [0.3, 0.4) is 0 Å². The van der Waals surface area contributed by atoms with Crippen molar-refractivity contribution < 1.29 is 4.39 Å². The molecule has 26 heavy (non-hydrogen) atoms. The highest BCUT2D eigenvalue weighted by Gasteiger charge is 2.07. The fourth-order valence-corrected chi connectivity index (χ4v) is 2.77. The number of aromatic nitrogens is 3. The van der Waals surface area contributed by atoms with Crippen LogP contribution in [0, 0.1) is 19.7 Å². The topological polar surface area (TPSA) is 54.8 Å². The van der Waals surface area contributed by atoms with E-state index in [0.29, 0.717) is 22.6 Å². The number of halogens is 2. The van der Waals surface area contributed by atoms with Crippen molar-refractivity contribution in [2.24, 2.45) is 0 Å². The summed E-state index contributed by atoms with van der Waals surface area (Å²) >= 11 is 11.3. The van der Waals surface area contributed by atoms with Crippen LogP contribution < -0.4 is 10.6 Å². The summed E-state index contributed by atoms with van der Waals surface area (Å²) in [6, 6.07) is 10.3. The molecule has 5 nitrogen and oxygen atoms in total. The molecule has 0 unspecified atom stereocenters. The summed E-state index contributed by atoms with van der Waals surface area (Å²) < 4.78 is 14.7. The summed E-state index contributed by atoms with van der Waals surface area (Å²) in [6.07, 6.45) is 1.56. The molecule has 0 bridgehead atoms. The van der Waals surface area contributed by atoms with E-state index < -0.39 is 0 Å². The van der Waals surface area contributed by atoms with Crippen LogP contribution >= 0.6 is 23.8 Å². The normalized spacial score (nSPS) is 10.6. The molecule has 0 radical (unpaired) electrons. The minimum Gasteiger partial charge on any atom is -0.332 e.